The lowest BCUT2D eigenvalue weighted by atomic mass is 9.92. The number of aliphatic hydroxyl groups excluding tert-OH is 1. The summed E-state index contributed by atoms with van der Waals surface area (Å²) in [5.74, 6) is 1.31. The Morgan fingerprint density at radius 3 is 2.45 bits per heavy atom. The molecule has 0 saturated carbocycles. The van der Waals surface area contributed by atoms with Gasteiger partial charge in [0.1, 0.15) is 11.6 Å². The minimum absolute atomic E-state index is 0.0388. The molecule has 1 aromatic carbocycles. The Morgan fingerprint density at radius 1 is 1.25 bits per heavy atom. The fourth-order valence-electron chi connectivity index (χ4n) is 1.75. The van der Waals surface area contributed by atoms with Gasteiger partial charge in [0.05, 0.1) is 5.69 Å². The number of benzene rings is 1. The predicted molar refractivity (Wildman–Crippen MR) is 78.6 cm³/mol. The standard InChI is InChI=1S/C15H21N3O2/c1-15(2,3)12-10-13(18(4)17-12)16-14(19)20-11-8-6-5-7-9-11/h5-10,14,16,19H,1-4H3. The molecule has 0 aliphatic heterocycles. The molecule has 0 bridgehead atoms. The SMILES string of the molecule is Cn1nc(C(C)(C)C)cc1NC(O)Oc1ccccc1. The van der Waals surface area contributed by atoms with Gasteiger partial charge in [-0.3, -0.25) is 4.68 Å². The molecule has 0 saturated heterocycles. The molecule has 1 atom stereocenters. The summed E-state index contributed by atoms with van der Waals surface area (Å²) in [5.41, 5.74) is 0.914. The van der Waals surface area contributed by atoms with Crippen molar-refractivity contribution in [3.8, 4) is 5.75 Å². The molecule has 2 rings (SSSR count). The molecule has 1 heterocycles. The zero-order valence-electron chi connectivity index (χ0n) is 12.3. The summed E-state index contributed by atoms with van der Waals surface area (Å²) in [4.78, 5) is 0. The zero-order chi connectivity index (χ0) is 14.8. The van der Waals surface area contributed by atoms with Gasteiger partial charge in [-0.15, -0.1) is 0 Å². The molecule has 1 unspecified atom stereocenters. The van der Waals surface area contributed by atoms with E-state index in [0.717, 1.165) is 5.69 Å². The second-order valence-electron chi connectivity index (χ2n) is 5.72. The Kier molecular flexibility index (Phi) is 3.99. The summed E-state index contributed by atoms with van der Waals surface area (Å²) >= 11 is 0. The van der Waals surface area contributed by atoms with Crippen LogP contribution in [0.5, 0.6) is 5.75 Å². The van der Waals surface area contributed by atoms with Crippen molar-refractivity contribution < 1.29 is 9.84 Å². The monoisotopic (exact) mass is 275 g/mol. The average molecular weight is 275 g/mol. The normalized spacial score (nSPS) is 13.1. The Bertz CT molecular complexity index is 558. The molecule has 0 aliphatic rings. The van der Waals surface area contributed by atoms with Gasteiger partial charge < -0.3 is 15.2 Å². The molecule has 2 aromatic rings. The molecule has 0 radical (unpaired) electrons. The molecular formula is C15H21N3O2. The van der Waals surface area contributed by atoms with Gasteiger partial charge in [-0.2, -0.15) is 5.10 Å². The van der Waals surface area contributed by atoms with Crippen LogP contribution in [0, 0.1) is 0 Å². The van der Waals surface area contributed by atoms with E-state index in [2.05, 4.69) is 31.2 Å². The third-order valence-electron chi connectivity index (χ3n) is 2.91. The van der Waals surface area contributed by atoms with Crippen LogP contribution < -0.4 is 10.1 Å². The number of aryl methyl sites for hydroxylation is 1. The first-order chi connectivity index (χ1) is 9.36. The molecular weight excluding hydrogens is 254 g/mol. The van der Waals surface area contributed by atoms with Crippen molar-refractivity contribution in [2.45, 2.75) is 32.6 Å². The molecule has 5 heteroatoms. The van der Waals surface area contributed by atoms with E-state index in [1.807, 2.05) is 31.3 Å². The molecule has 0 fully saturated rings. The molecule has 2 N–H and O–H groups in total. The molecule has 5 nitrogen and oxygen atoms in total. The van der Waals surface area contributed by atoms with Crippen molar-refractivity contribution in [2.75, 3.05) is 5.32 Å². The van der Waals surface area contributed by atoms with Crippen molar-refractivity contribution in [1.29, 1.82) is 0 Å². The van der Waals surface area contributed by atoms with Crippen LogP contribution in [0.15, 0.2) is 36.4 Å². The van der Waals surface area contributed by atoms with Gasteiger partial charge in [0.2, 0.25) is 0 Å². The van der Waals surface area contributed by atoms with Crippen LogP contribution >= 0.6 is 0 Å². The van der Waals surface area contributed by atoms with E-state index >= 15 is 0 Å². The summed E-state index contributed by atoms with van der Waals surface area (Å²) in [6.07, 6.45) is -1.12. The van der Waals surface area contributed by atoms with Crippen LogP contribution in [0.4, 0.5) is 5.82 Å². The largest absolute Gasteiger partial charge is 0.447 e. The number of hydrogen-bond acceptors (Lipinski definition) is 4. The fraction of sp³-hybridized carbons (Fsp3) is 0.400. The van der Waals surface area contributed by atoms with Gasteiger partial charge in [-0.25, -0.2) is 0 Å². The highest BCUT2D eigenvalue weighted by Gasteiger charge is 2.19. The number of para-hydroxylation sites is 1. The lowest BCUT2D eigenvalue weighted by Crippen LogP contribution is -2.26. The number of hydrogen-bond donors (Lipinski definition) is 2. The summed E-state index contributed by atoms with van der Waals surface area (Å²) in [5, 5.41) is 17.2. The highest BCUT2D eigenvalue weighted by Crippen LogP contribution is 2.23. The first kappa shape index (κ1) is 14.4. The molecule has 1 aromatic heterocycles. The fourth-order valence-corrected chi connectivity index (χ4v) is 1.75. The molecule has 0 amide bonds. The summed E-state index contributed by atoms with van der Waals surface area (Å²) in [7, 11) is 1.83. The van der Waals surface area contributed by atoms with Crippen molar-refractivity contribution in [3.05, 3.63) is 42.1 Å². The van der Waals surface area contributed by atoms with E-state index in [-0.39, 0.29) is 5.41 Å². The van der Waals surface area contributed by atoms with E-state index in [9.17, 15) is 5.11 Å². The van der Waals surface area contributed by atoms with Gasteiger partial charge in [0, 0.05) is 18.5 Å². The lowest BCUT2D eigenvalue weighted by molar-refractivity contribution is 0.00714. The van der Waals surface area contributed by atoms with Gasteiger partial charge in [0.15, 0.2) is 0 Å². The number of aliphatic hydroxyl groups is 1. The summed E-state index contributed by atoms with van der Waals surface area (Å²) in [6, 6.07) is 11.1. The number of ether oxygens (including phenoxy) is 1. The summed E-state index contributed by atoms with van der Waals surface area (Å²) < 4.78 is 7.06. The van der Waals surface area contributed by atoms with Gasteiger partial charge in [-0.05, 0) is 12.1 Å². The first-order valence-corrected chi connectivity index (χ1v) is 6.57. The zero-order valence-corrected chi connectivity index (χ0v) is 12.3. The van der Waals surface area contributed by atoms with Crippen LogP contribution in [0.2, 0.25) is 0 Å². The molecule has 108 valence electrons. The van der Waals surface area contributed by atoms with Crippen molar-refractivity contribution >= 4 is 5.82 Å². The Labute approximate surface area is 119 Å². The Balaban J connectivity index is 2.05. The van der Waals surface area contributed by atoms with Crippen LogP contribution in [-0.2, 0) is 12.5 Å². The Hall–Kier alpha value is -2.01. The van der Waals surface area contributed by atoms with Gasteiger partial charge in [0.25, 0.3) is 6.41 Å². The van der Waals surface area contributed by atoms with Crippen LogP contribution in [-0.4, -0.2) is 21.3 Å². The number of rotatable bonds is 4. The molecule has 0 aliphatic carbocycles. The van der Waals surface area contributed by atoms with E-state index in [1.54, 1.807) is 16.8 Å². The third kappa shape index (κ3) is 3.51. The van der Waals surface area contributed by atoms with E-state index < -0.39 is 6.41 Å². The topological polar surface area (TPSA) is 59.3 Å². The predicted octanol–water partition coefficient (Wildman–Crippen LogP) is 2.48. The Morgan fingerprint density at radius 2 is 1.90 bits per heavy atom. The lowest BCUT2D eigenvalue weighted by Gasteiger charge is -2.15. The third-order valence-corrected chi connectivity index (χ3v) is 2.91. The molecule has 20 heavy (non-hydrogen) atoms. The summed E-state index contributed by atoms with van der Waals surface area (Å²) in [6.45, 7) is 6.28. The van der Waals surface area contributed by atoms with E-state index in [4.69, 9.17) is 4.74 Å². The van der Waals surface area contributed by atoms with Crippen LogP contribution in [0.3, 0.4) is 0 Å². The van der Waals surface area contributed by atoms with Crippen molar-refractivity contribution in [1.82, 2.24) is 9.78 Å². The highest BCUT2D eigenvalue weighted by atomic mass is 16.6. The highest BCUT2D eigenvalue weighted by molar-refractivity contribution is 5.39. The number of nitrogens with one attached hydrogen (secondary N) is 1. The van der Waals surface area contributed by atoms with E-state index in [0.29, 0.717) is 11.6 Å². The maximum Gasteiger partial charge on any atom is 0.280 e. The minimum atomic E-state index is -1.12. The van der Waals surface area contributed by atoms with Crippen LogP contribution in [0.1, 0.15) is 26.5 Å². The van der Waals surface area contributed by atoms with Gasteiger partial charge in [-0.1, -0.05) is 39.0 Å². The maximum atomic E-state index is 9.92. The second-order valence-corrected chi connectivity index (χ2v) is 5.72. The first-order valence-electron chi connectivity index (χ1n) is 6.57. The van der Waals surface area contributed by atoms with Crippen molar-refractivity contribution in [2.24, 2.45) is 7.05 Å². The average Bonchev–Trinajstić information content (AvgIpc) is 2.72. The second kappa shape index (κ2) is 5.54. The number of aromatic nitrogens is 2. The number of nitrogens with zero attached hydrogens (tertiary/aromatic N) is 2. The quantitative estimate of drug-likeness (QED) is 0.842. The molecule has 0 spiro atoms. The minimum Gasteiger partial charge on any atom is -0.447 e. The van der Waals surface area contributed by atoms with Crippen LogP contribution in [0.25, 0.3) is 0 Å². The maximum absolute atomic E-state index is 9.92. The van der Waals surface area contributed by atoms with Gasteiger partial charge >= 0.3 is 0 Å². The van der Waals surface area contributed by atoms with Crippen molar-refractivity contribution in [3.63, 3.8) is 0 Å². The number of anilines is 1. The smallest absolute Gasteiger partial charge is 0.280 e. The van der Waals surface area contributed by atoms with E-state index in [1.165, 1.54) is 0 Å².